The Morgan fingerprint density at radius 2 is 1.73 bits per heavy atom. The average Bonchev–Trinajstić information content (AvgIpc) is 2.59. The molecule has 0 spiro atoms. The van der Waals surface area contributed by atoms with Crippen molar-refractivity contribution in [1.82, 2.24) is 0 Å². The molecule has 2 atom stereocenters. The largest absolute Gasteiger partial charge is 0.469 e. The Kier molecular flexibility index (Phi) is 5.17. The zero-order chi connectivity index (χ0) is 15.9. The first-order valence-corrected chi connectivity index (χ1v) is 6.94. The first-order chi connectivity index (χ1) is 10.7. The lowest BCUT2D eigenvalue weighted by atomic mass is 9.94. The van der Waals surface area contributed by atoms with E-state index in [0.717, 1.165) is 16.7 Å². The third-order valence-corrected chi connectivity index (χ3v) is 3.56. The normalized spacial score (nSPS) is 12.8. The molecule has 0 saturated heterocycles. The molecule has 0 bridgehead atoms. The van der Waals surface area contributed by atoms with Crippen molar-refractivity contribution in [3.63, 3.8) is 0 Å². The van der Waals surface area contributed by atoms with E-state index in [1.165, 1.54) is 7.11 Å². The summed E-state index contributed by atoms with van der Waals surface area (Å²) >= 11 is 0. The number of rotatable bonds is 5. The van der Waals surface area contributed by atoms with Gasteiger partial charge in [-0.15, -0.1) is 0 Å². The highest BCUT2D eigenvalue weighted by atomic mass is 16.5. The fourth-order valence-electron chi connectivity index (χ4n) is 2.32. The summed E-state index contributed by atoms with van der Waals surface area (Å²) in [7, 11) is 1.37. The van der Waals surface area contributed by atoms with Crippen molar-refractivity contribution in [2.24, 2.45) is 5.11 Å². The van der Waals surface area contributed by atoms with E-state index in [4.69, 9.17) is 10.3 Å². The van der Waals surface area contributed by atoms with Crippen LogP contribution in [0.3, 0.4) is 0 Å². The van der Waals surface area contributed by atoms with Gasteiger partial charge in [0.25, 0.3) is 0 Å². The second-order valence-electron chi connectivity index (χ2n) is 4.93. The lowest BCUT2D eigenvalue weighted by Crippen LogP contribution is -2.11. The van der Waals surface area contributed by atoms with Crippen LogP contribution in [-0.2, 0) is 9.53 Å². The number of esters is 1. The smallest absolute Gasteiger partial charge is 0.312 e. The van der Waals surface area contributed by atoms with Crippen LogP contribution >= 0.6 is 0 Å². The Bertz CT molecular complexity index is 694. The third kappa shape index (κ3) is 3.45. The van der Waals surface area contributed by atoms with Gasteiger partial charge in [-0.25, -0.2) is 0 Å². The Morgan fingerprint density at radius 3 is 2.36 bits per heavy atom. The van der Waals surface area contributed by atoms with Gasteiger partial charge < -0.3 is 4.74 Å². The van der Waals surface area contributed by atoms with Gasteiger partial charge in [-0.2, -0.15) is 0 Å². The fraction of sp³-hybridized carbons (Fsp3) is 0.235. The molecule has 0 aliphatic rings. The average molecular weight is 295 g/mol. The zero-order valence-corrected chi connectivity index (χ0v) is 12.5. The SMILES string of the molecule is COC(=O)C(C)c1cccc(C(N=[N+]=[N-])c2ccccc2)c1. The number of carbonyl (C=O) groups excluding carboxylic acids is 1. The van der Waals surface area contributed by atoms with Gasteiger partial charge in [0.15, 0.2) is 0 Å². The lowest BCUT2D eigenvalue weighted by Gasteiger charge is -2.15. The maximum absolute atomic E-state index is 11.7. The minimum Gasteiger partial charge on any atom is -0.469 e. The molecule has 2 unspecified atom stereocenters. The van der Waals surface area contributed by atoms with E-state index in [0.29, 0.717) is 0 Å². The molecule has 0 aromatic heterocycles. The number of benzene rings is 2. The maximum Gasteiger partial charge on any atom is 0.312 e. The van der Waals surface area contributed by atoms with Gasteiger partial charge >= 0.3 is 5.97 Å². The number of methoxy groups -OCH3 is 1. The molecule has 5 nitrogen and oxygen atoms in total. The van der Waals surface area contributed by atoms with Crippen molar-refractivity contribution in [3.8, 4) is 0 Å². The predicted molar refractivity (Wildman–Crippen MR) is 84.3 cm³/mol. The van der Waals surface area contributed by atoms with Crippen molar-refractivity contribution in [2.75, 3.05) is 7.11 Å². The van der Waals surface area contributed by atoms with E-state index in [9.17, 15) is 4.79 Å². The number of hydrogen-bond donors (Lipinski definition) is 0. The first kappa shape index (κ1) is 15.6. The molecule has 22 heavy (non-hydrogen) atoms. The predicted octanol–water partition coefficient (Wildman–Crippen LogP) is 4.36. The number of carbonyl (C=O) groups is 1. The Hall–Kier alpha value is -2.78. The van der Waals surface area contributed by atoms with E-state index >= 15 is 0 Å². The number of azide groups is 1. The van der Waals surface area contributed by atoms with E-state index in [1.54, 1.807) is 6.92 Å². The summed E-state index contributed by atoms with van der Waals surface area (Å²) in [5.74, 6) is -0.662. The molecule has 0 radical (unpaired) electrons. The van der Waals surface area contributed by atoms with Gasteiger partial charge in [-0.05, 0) is 29.1 Å². The number of nitrogens with zero attached hydrogens (tertiary/aromatic N) is 3. The highest BCUT2D eigenvalue weighted by molar-refractivity contribution is 5.77. The molecule has 0 saturated carbocycles. The second kappa shape index (κ2) is 7.29. The van der Waals surface area contributed by atoms with Crippen molar-refractivity contribution in [1.29, 1.82) is 0 Å². The van der Waals surface area contributed by atoms with Crippen molar-refractivity contribution >= 4 is 5.97 Å². The Balaban J connectivity index is 2.41. The minimum absolute atomic E-state index is 0.294. The van der Waals surface area contributed by atoms with Gasteiger partial charge in [-0.3, -0.25) is 4.79 Å². The first-order valence-electron chi connectivity index (χ1n) is 6.94. The lowest BCUT2D eigenvalue weighted by molar-refractivity contribution is -0.141. The van der Waals surface area contributed by atoms with Crippen LogP contribution < -0.4 is 0 Å². The minimum atomic E-state index is -0.420. The molecule has 0 aliphatic carbocycles. The molecular weight excluding hydrogens is 278 g/mol. The van der Waals surface area contributed by atoms with Crippen LogP contribution in [0.4, 0.5) is 0 Å². The fourth-order valence-corrected chi connectivity index (χ4v) is 2.32. The topological polar surface area (TPSA) is 75.1 Å². The van der Waals surface area contributed by atoms with Crippen LogP contribution in [-0.4, -0.2) is 13.1 Å². The van der Waals surface area contributed by atoms with Crippen LogP contribution in [0.1, 0.15) is 35.6 Å². The second-order valence-corrected chi connectivity index (χ2v) is 4.93. The monoisotopic (exact) mass is 295 g/mol. The molecule has 112 valence electrons. The van der Waals surface area contributed by atoms with Gasteiger partial charge in [-0.1, -0.05) is 59.7 Å². The summed E-state index contributed by atoms with van der Waals surface area (Å²) in [4.78, 5) is 14.6. The van der Waals surface area contributed by atoms with E-state index < -0.39 is 6.04 Å². The van der Waals surface area contributed by atoms with E-state index in [1.807, 2.05) is 54.6 Å². The van der Waals surface area contributed by atoms with Crippen molar-refractivity contribution < 1.29 is 9.53 Å². The number of hydrogen-bond acceptors (Lipinski definition) is 3. The molecule has 2 rings (SSSR count). The molecule has 0 aliphatic heterocycles. The molecule has 2 aromatic rings. The van der Waals surface area contributed by atoms with Gasteiger partial charge in [0.1, 0.15) is 0 Å². The van der Waals surface area contributed by atoms with Crippen molar-refractivity contribution in [2.45, 2.75) is 18.9 Å². The van der Waals surface area contributed by atoms with E-state index in [2.05, 4.69) is 10.0 Å². The van der Waals surface area contributed by atoms with Crippen LogP contribution in [0.2, 0.25) is 0 Å². The van der Waals surface area contributed by atoms with Crippen LogP contribution in [0, 0.1) is 0 Å². The molecule has 2 aromatic carbocycles. The summed E-state index contributed by atoms with van der Waals surface area (Å²) in [6, 6.07) is 16.6. The van der Waals surface area contributed by atoms with Crippen LogP contribution in [0.5, 0.6) is 0 Å². The highest BCUT2D eigenvalue weighted by Crippen LogP contribution is 2.28. The zero-order valence-electron chi connectivity index (χ0n) is 12.5. The van der Waals surface area contributed by atoms with Crippen LogP contribution in [0.15, 0.2) is 59.7 Å². The summed E-state index contributed by atoms with van der Waals surface area (Å²) in [6.07, 6.45) is 0. The molecule has 0 fully saturated rings. The van der Waals surface area contributed by atoms with E-state index in [-0.39, 0.29) is 11.9 Å². The highest BCUT2D eigenvalue weighted by Gasteiger charge is 2.18. The summed E-state index contributed by atoms with van der Waals surface area (Å²) in [5, 5.41) is 3.89. The molecule has 5 heteroatoms. The summed E-state index contributed by atoms with van der Waals surface area (Å²) < 4.78 is 4.78. The molecule has 0 amide bonds. The molecular formula is C17H17N3O2. The van der Waals surface area contributed by atoms with Gasteiger partial charge in [0, 0.05) is 4.91 Å². The summed E-state index contributed by atoms with van der Waals surface area (Å²) in [6.45, 7) is 1.79. The quantitative estimate of drug-likeness (QED) is 0.355. The summed E-state index contributed by atoms with van der Waals surface area (Å²) in [5.41, 5.74) is 11.4. The standard InChI is InChI=1S/C17H17N3O2/c1-12(17(21)22-2)14-9-6-10-15(11-14)16(19-20-18)13-7-4-3-5-8-13/h3-12,16H,1-2H3. The molecule has 0 heterocycles. The van der Waals surface area contributed by atoms with Gasteiger partial charge in [0.05, 0.1) is 19.1 Å². The third-order valence-electron chi connectivity index (χ3n) is 3.56. The Labute approximate surface area is 129 Å². The van der Waals surface area contributed by atoms with Gasteiger partial charge in [0.2, 0.25) is 0 Å². The molecule has 0 N–H and O–H groups in total. The van der Waals surface area contributed by atoms with Crippen LogP contribution in [0.25, 0.3) is 10.4 Å². The Morgan fingerprint density at radius 1 is 1.09 bits per heavy atom. The van der Waals surface area contributed by atoms with Crippen molar-refractivity contribution in [3.05, 3.63) is 81.7 Å². The maximum atomic E-state index is 11.7. The number of ether oxygens (including phenoxy) is 1.